The molecule has 0 aliphatic carbocycles. The molecule has 17 N–H and O–H groups in total. The highest BCUT2D eigenvalue weighted by atomic mass is 33.1. The minimum Gasteiger partial charge on any atom is -0.508 e. The van der Waals surface area contributed by atoms with E-state index in [0.29, 0.717) is 24.8 Å². The van der Waals surface area contributed by atoms with Crippen molar-refractivity contribution in [1.82, 2.24) is 42.1 Å². The van der Waals surface area contributed by atoms with Crippen LogP contribution in [0, 0.1) is 5.92 Å². The summed E-state index contributed by atoms with van der Waals surface area (Å²) in [5, 5.41) is 38.3. The van der Waals surface area contributed by atoms with Gasteiger partial charge in [0.2, 0.25) is 65.0 Å². The second kappa shape index (κ2) is 28.3. The Labute approximate surface area is 406 Å². The number of aromatic hydroxyl groups is 1. The number of benzene rings is 1. The molecule has 0 saturated carbocycles. The van der Waals surface area contributed by atoms with E-state index < -0.39 is 145 Å². The molecule has 2 saturated heterocycles. The summed E-state index contributed by atoms with van der Waals surface area (Å²) in [7, 11) is 1.82. The molecule has 11 amide bonds. The molecule has 2 heterocycles. The van der Waals surface area contributed by atoms with Gasteiger partial charge in [0.15, 0.2) is 0 Å². The maximum atomic E-state index is 14.4. The van der Waals surface area contributed by atoms with Crippen molar-refractivity contribution in [3.63, 3.8) is 0 Å². The normalized spacial score (nSPS) is 24.2. The van der Waals surface area contributed by atoms with Crippen molar-refractivity contribution in [3.8, 4) is 5.75 Å². The van der Waals surface area contributed by atoms with E-state index in [0.717, 1.165) is 21.6 Å². The number of carbonyl (C=O) groups is 11. The van der Waals surface area contributed by atoms with Crippen molar-refractivity contribution >= 4 is 86.6 Å². The number of nitrogens with one attached hydrogen (secondary N) is 7. The topological polar surface area (TPSA) is 420 Å². The summed E-state index contributed by atoms with van der Waals surface area (Å²) in [5.74, 6) is -11.2. The molecule has 25 nitrogen and oxygen atoms in total. The van der Waals surface area contributed by atoms with Crippen LogP contribution >= 0.6 is 21.6 Å². The number of amides is 11. The van der Waals surface area contributed by atoms with Crippen molar-refractivity contribution in [2.24, 2.45) is 28.9 Å². The zero-order valence-electron chi connectivity index (χ0n) is 38.4. The standard InChI is InChI=1S/C42H64N12O13S2/c1-3-21(2)34-41(66)49-25(12-13-31(44)57)36(61)50-27(17-32(45)58)37(62)52-28(19-68-69-20-30(56)40(65)51-26(38(63)53-34)16-22-8-10-23(55)11-9-22)42(67)54-15-5-7-29(54)39(64)48-24(6-4-14-43)35(60)47-18-33(46)59/h8-11,21,24-30,34,55-56H,3-7,12-20,43H2,1-2H3,(H2,44,57)(H2,45,58)(H2,46,59)(H,47,60)(H,48,64)(H,49,66)(H,50,61)(H,51,65)(H,52,62)(H,53,63)/t21-,24-,25-,26-,27-,28-,29-,30?,34-/m0/s1. The monoisotopic (exact) mass is 1010 g/mol. The van der Waals surface area contributed by atoms with Crippen LogP contribution in [0.3, 0.4) is 0 Å². The average molecular weight is 1010 g/mol. The van der Waals surface area contributed by atoms with E-state index in [1.807, 2.05) is 0 Å². The Hall–Kier alpha value is -6.19. The summed E-state index contributed by atoms with van der Waals surface area (Å²) in [6, 6.07) is -4.26. The van der Waals surface area contributed by atoms with Gasteiger partial charge in [-0.25, -0.2) is 0 Å². The van der Waals surface area contributed by atoms with Crippen LogP contribution in [-0.4, -0.2) is 160 Å². The van der Waals surface area contributed by atoms with Crippen LogP contribution in [-0.2, 0) is 59.2 Å². The second-order valence-corrected chi connectivity index (χ2v) is 19.2. The quantitative estimate of drug-likeness (QED) is 0.0613. The minimum absolute atomic E-state index is 0.0144. The van der Waals surface area contributed by atoms with Crippen molar-refractivity contribution in [2.45, 2.75) is 120 Å². The SMILES string of the molecule is CC[C@H](C)[C@@H]1NC(=O)[C@H](Cc2ccc(O)cc2)NC(=O)C(O)CSSC[C@@H](C(=O)N2CCC[C@H]2C(=O)N[C@@H](CCCN)C(=O)NCC(N)=O)NC(=O)[C@H](CC(N)=O)NC(=O)[C@H](CCC(N)=O)NC1=O. The average Bonchev–Trinajstić information content (AvgIpc) is 3.80. The lowest BCUT2D eigenvalue weighted by molar-refractivity contribution is -0.142. The van der Waals surface area contributed by atoms with Gasteiger partial charge >= 0.3 is 0 Å². The van der Waals surface area contributed by atoms with Gasteiger partial charge in [-0.2, -0.15) is 0 Å². The number of primary amides is 3. The molecule has 2 aliphatic rings. The Morgan fingerprint density at radius 3 is 2.06 bits per heavy atom. The Kier molecular flexibility index (Phi) is 23.5. The number of hydrogen-bond acceptors (Lipinski definition) is 16. The summed E-state index contributed by atoms with van der Waals surface area (Å²) >= 11 is 0. The molecule has 0 spiro atoms. The molecular weight excluding hydrogens is 945 g/mol. The molecule has 1 aromatic rings. The molecule has 0 bridgehead atoms. The summed E-state index contributed by atoms with van der Waals surface area (Å²) in [6.45, 7) is 3.03. The molecule has 1 aromatic carbocycles. The largest absolute Gasteiger partial charge is 0.508 e. The Morgan fingerprint density at radius 1 is 0.812 bits per heavy atom. The third-order valence-corrected chi connectivity index (χ3v) is 13.6. The van der Waals surface area contributed by atoms with E-state index in [1.54, 1.807) is 13.8 Å². The molecule has 1 unspecified atom stereocenters. The number of likely N-dealkylation sites (tertiary alicyclic amines) is 1. The van der Waals surface area contributed by atoms with E-state index in [1.165, 1.54) is 29.2 Å². The molecule has 2 fully saturated rings. The van der Waals surface area contributed by atoms with Gasteiger partial charge in [-0.15, -0.1) is 0 Å². The Bertz CT molecular complexity index is 2030. The molecule has 2 aliphatic heterocycles. The van der Waals surface area contributed by atoms with Crippen LogP contribution in [0.2, 0.25) is 0 Å². The van der Waals surface area contributed by atoms with E-state index in [4.69, 9.17) is 22.9 Å². The van der Waals surface area contributed by atoms with Gasteiger partial charge in [0.05, 0.1) is 13.0 Å². The lowest BCUT2D eigenvalue weighted by Crippen LogP contribution is -2.61. The van der Waals surface area contributed by atoms with Crippen molar-refractivity contribution in [3.05, 3.63) is 29.8 Å². The Morgan fingerprint density at radius 2 is 1.43 bits per heavy atom. The van der Waals surface area contributed by atoms with Gasteiger partial charge in [0.1, 0.15) is 54.1 Å². The minimum atomic E-state index is -1.78. The molecular formula is C42H64N12O13S2. The summed E-state index contributed by atoms with van der Waals surface area (Å²) in [6.07, 6.45) is -2.45. The van der Waals surface area contributed by atoms with Crippen molar-refractivity contribution in [2.75, 3.05) is 31.1 Å². The number of hydrogen-bond donors (Lipinski definition) is 13. The summed E-state index contributed by atoms with van der Waals surface area (Å²) in [5.41, 5.74) is 22.2. The van der Waals surface area contributed by atoms with Gasteiger partial charge in [0.25, 0.3) is 0 Å². The van der Waals surface area contributed by atoms with Gasteiger partial charge in [-0.3, -0.25) is 52.7 Å². The van der Waals surface area contributed by atoms with Gasteiger partial charge in [-0.05, 0) is 62.3 Å². The fourth-order valence-corrected chi connectivity index (χ4v) is 9.42. The maximum absolute atomic E-state index is 14.4. The van der Waals surface area contributed by atoms with Gasteiger partial charge < -0.3 is 75.3 Å². The van der Waals surface area contributed by atoms with E-state index in [2.05, 4.69) is 37.2 Å². The maximum Gasteiger partial charge on any atom is 0.250 e. The summed E-state index contributed by atoms with van der Waals surface area (Å²) < 4.78 is 0. The van der Waals surface area contributed by atoms with Crippen LogP contribution in [0.5, 0.6) is 5.75 Å². The lowest BCUT2D eigenvalue weighted by atomic mass is 9.96. The molecule has 27 heteroatoms. The van der Waals surface area contributed by atoms with Gasteiger partial charge in [0, 0.05) is 30.9 Å². The highest BCUT2D eigenvalue weighted by molar-refractivity contribution is 8.76. The number of aliphatic hydroxyl groups is 1. The van der Waals surface area contributed by atoms with Crippen LogP contribution in [0.15, 0.2) is 24.3 Å². The van der Waals surface area contributed by atoms with Crippen molar-refractivity contribution in [1.29, 1.82) is 0 Å². The van der Waals surface area contributed by atoms with E-state index >= 15 is 0 Å². The predicted octanol–water partition coefficient (Wildman–Crippen LogP) is -4.88. The van der Waals surface area contributed by atoms with Crippen LogP contribution in [0.1, 0.15) is 70.8 Å². The molecule has 382 valence electrons. The molecule has 3 rings (SSSR count). The van der Waals surface area contributed by atoms with Crippen molar-refractivity contribution < 1.29 is 63.0 Å². The third kappa shape index (κ3) is 18.7. The van der Waals surface area contributed by atoms with Crippen LogP contribution < -0.4 is 60.2 Å². The zero-order valence-corrected chi connectivity index (χ0v) is 40.0. The third-order valence-electron chi connectivity index (χ3n) is 11.2. The number of rotatable bonds is 18. The first kappa shape index (κ1) is 57.1. The highest BCUT2D eigenvalue weighted by Gasteiger charge is 2.41. The first-order chi connectivity index (χ1) is 32.6. The number of nitrogens with zero attached hydrogens (tertiary/aromatic N) is 1. The fraction of sp³-hybridized carbons (Fsp3) is 0.595. The van der Waals surface area contributed by atoms with Crippen LogP contribution in [0.25, 0.3) is 0 Å². The predicted molar refractivity (Wildman–Crippen MR) is 251 cm³/mol. The van der Waals surface area contributed by atoms with Crippen LogP contribution in [0.4, 0.5) is 0 Å². The van der Waals surface area contributed by atoms with E-state index in [-0.39, 0.29) is 49.6 Å². The Balaban J connectivity index is 2.05. The van der Waals surface area contributed by atoms with Gasteiger partial charge in [-0.1, -0.05) is 54.0 Å². The molecule has 0 radical (unpaired) electrons. The molecule has 9 atom stereocenters. The molecule has 69 heavy (non-hydrogen) atoms. The van der Waals surface area contributed by atoms with E-state index in [9.17, 15) is 63.0 Å². The number of phenolic OH excluding ortho intramolecular Hbond substituents is 1. The smallest absolute Gasteiger partial charge is 0.250 e. The molecule has 0 aromatic heterocycles. The first-order valence-electron chi connectivity index (χ1n) is 22.3. The lowest BCUT2D eigenvalue weighted by Gasteiger charge is -2.31. The first-order valence-corrected chi connectivity index (χ1v) is 24.8. The zero-order chi connectivity index (χ0) is 51.4. The summed E-state index contributed by atoms with van der Waals surface area (Å²) in [4.78, 5) is 147. The highest BCUT2D eigenvalue weighted by Crippen LogP contribution is 2.26. The number of phenols is 1. The number of aliphatic hydroxyl groups excluding tert-OH is 1. The fourth-order valence-electron chi connectivity index (χ4n) is 7.21. The number of carbonyl (C=O) groups excluding carboxylic acids is 11. The second-order valence-electron chi connectivity index (χ2n) is 16.6. The number of nitrogens with two attached hydrogens (primary N) is 4.